The third-order valence-corrected chi connectivity index (χ3v) is 3.53. The second-order valence-electron chi connectivity index (χ2n) is 5.10. The maximum atomic E-state index is 12.7. The number of rotatable bonds is 4. The summed E-state index contributed by atoms with van der Waals surface area (Å²) in [5.41, 5.74) is 8.21. The quantitative estimate of drug-likeness (QED) is 0.882. The molecule has 0 radical (unpaired) electrons. The van der Waals surface area contributed by atoms with Crippen LogP contribution in [0.15, 0.2) is 48.5 Å². The zero-order valence-corrected chi connectivity index (χ0v) is 11.8. The fourth-order valence-electron chi connectivity index (χ4n) is 2.25. The summed E-state index contributed by atoms with van der Waals surface area (Å²) in [7, 11) is 0. The van der Waals surface area contributed by atoms with E-state index in [-0.39, 0.29) is 6.04 Å². The largest absolute Gasteiger partial charge is 0.416 e. The molecule has 0 saturated heterocycles. The van der Waals surface area contributed by atoms with Gasteiger partial charge in [-0.1, -0.05) is 49.4 Å². The molecule has 0 aliphatic heterocycles. The first-order chi connectivity index (χ1) is 9.90. The zero-order chi connectivity index (χ0) is 15.5. The lowest BCUT2D eigenvalue weighted by Crippen LogP contribution is -2.14. The number of nitrogens with two attached hydrogens (primary N) is 1. The van der Waals surface area contributed by atoms with E-state index in [1.807, 2.05) is 24.3 Å². The first kappa shape index (κ1) is 15.6. The fraction of sp³-hybridized carbons (Fsp3) is 0.294. The van der Waals surface area contributed by atoms with E-state index in [0.717, 1.165) is 18.1 Å². The molecule has 1 unspecified atom stereocenters. The van der Waals surface area contributed by atoms with Crippen LogP contribution in [0.25, 0.3) is 0 Å². The van der Waals surface area contributed by atoms with Gasteiger partial charge in [-0.05, 0) is 35.6 Å². The number of hydrogen-bond acceptors (Lipinski definition) is 1. The molecule has 2 rings (SSSR count). The number of benzene rings is 2. The molecule has 4 heteroatoms. The Hall–Kier alpha value is -1.81. The van der Waals surface area contributed by atoms with Crippen LogP contribution in [-0.4, -0.2) is 0 Å². The molecule has 2 aromatic rings. The Kier molecular flexibility index (Phi) is 4.68. The Bertz CT molecular complexity index is 588. The molecule has 0 bridgehead atoms. The van der Waals surface area contributed by atoms with Crippen molar-refractivity contribution in [2.24, 2.45) is 5.73 Å². The third kappa shape index (κ3) is 4.08. The topological polar surface area (TPSA) is 26.0 Å². The van der Waals surface area contributed by atoms with E-state index >= 15 is 0 Å². The molecule has 1 atom stereocenters. The van der Waals surface area contributed by atoms with Crippen LogP contribution in [-0.2, 0) is 19.0 Å². The van der Waals surface area contributed by atoms with Crippen molar-refractivity contribution < 1.29 is 13.2 Å². The average Bonchev–Trinajstić information content (AvgIpc) is 2.47. The van der Waals surface area contributed by atoms with E-state index in [2.05, 4.69) is 6.92 Å². The smallest absolute Gasteiger partial charge is 0.324 e. The highest BCUT2D eigenvalue weighted by Crippen LogP contribution is 2.30. The Labute approximate surface area is 122 Å². The van der Waals surface area contributed by atoms with Gasteiger partial charge in [-0.15, -0.1) is 0 Å². The van der Waals surface area contributed by atoms with Gasteiger partial charge in [0.25, 0.3) is 0 Å². The van der Waals surface area contributed by atoms with Gasteiger partial charge in [0.1, 0.15) is 0 Å². The lowest BCUT2D eigenvalue weighted by molar-refractivity contribution is -0.137. The van der Waals surface area contributed by atoms with Crippen molar-refractivity contribution in [2.75, 3.05) is 0 Å². The zero-order valence-electron chi connectivity index (χ0n) is 11.8. The van der Waals surface area contributed by atoms with Crippen molar-refractivity contribution in [2.45, 2.75) is 32.0 Å². The van der Waals surface area contributed by atoms with E-state index in [1.165, 1.54) is 17.7 Å². The van der Waals surface area contributed by atoms with Gasteiger partial charge >= 0.3 is 6.18 Å². The van der Waals surface area contributed by atoms with Gasteiger partial charge in [0.2, 0.25) is 0 Å². The first-order valence-corrected chi connectivity index (χ1v) is 6.90. The molecular formula is C17H18F3N. The summed E-state index contributed by atoms with van der Waals surface area (Å²) in [6, 6.07) is 12.9. The minimum absolute atomic E-state index is 0.306. The van der Waals surface area contributed by atoms with Gasteiger partial charge in [0, 0.05) is 6.04 Å². The highest BCUT2D eigenvalue weighted by molar-refractivity contribution is 5.30. The molecule has 21 heavy (non-hydrogen) atoms. The second kappa shape index (κ2) is 6.31. The van der Waals surface area contributed by atoms with Crippen LogP contribution in [0.4, 0.5) is 13.2 Å². The average molecular weight is 293 g/mol. The number of aryl methyl sites for hydroxylation is 1. The predicted molar refractivity (Wildman–Crippen MR) is 77.9 cm³/mol. The first-order valence-electron chi connectivity index (χ1n) is 6.90. The van der Waals surface area contributed by atoms with E-state index in [9.17, 15) is 13.2 Å². The van der Waals surface area contributed by atoms with Crippen molar-refractivity contribution >= 4 is 0 Å². The molecule has 0 aromatic heterocycles. The monoisotopic (exact) mass is 293 g/mol. The summed E-state index contributed by atoms with van der Waals surface area (Å²) < 4.78 is 38.0. The van der Waals surface area contributed by atoms with E-state index < -0.39 is 11.7 Å². The molecule has 2 N–H and O–H groups in total. The van der Waals surface area contributed by atoms with Crippen LogP contribution in [0.2, 0.25) is 0 Å². The molecule has 0 spiro atoms. The number of alkyl halides is 3. The summed E-state index contributed by atoms with van der Waals surface area (Å²) in [5, 5.41) is 0. The molecule has 0 amide bonds. The minimum Gasteiger partial charge on any atom is -0.324 e. The van der Waals surface area contributed by atoms with Gasteiger partial charge in [-0.3, -0.25) is 0 Å². The third-order valence-electron chi connectivity index (χ3n) is 3.53. The normalized spacial score (nSPS) is 13.2. The minimum atomic E-state index is -4.32. The summed E-state index contributed by atoms with van der Waals surface area (Å²) in [4.78, 5) is 0. The van der Waals surface area contributed by atoms with Crippen molar-refractivity contribution in [3.63, 3.8) is 0 Å². The molecule has 0 fully saturated rings. The van der Waals surface area contributed by atoms with Crippen LogP contribution in [0.1, 0.15) is 35.2 Å². The van der Waals surface area contributed by atoms with Crippen molar-refractivity contribution in [3.8, 4) is 0 Å². The Morgan fingerprint density at radius 2 is 1.67 bits per heavy atom. The SMILES string of the molecule is CCc1ccc(C(N)Cc2cccc(C(F)(F)F)c2)cc1. The molecular weight excluding hydrogens is 275 g/mol. The van der Waals surface area contributed by atoms with Gasteiger partial charge in [-0.25, -0.2) is 0 Å². The molecule has 1 nitrogen and oxygen atoms in total. The van der Waals surface area contributed by atoms with E-state index in [1.54, 1.807) is 6.07 Å². The number of halogens is 3. The Morgan fingerprint density at radius 3 is 2.24 bits per heavy atom. The van der Waals surface area contributed by atoms with Crippen LogP contribution in [0, 0.1) is 0 Å². The number of hydrogen-bond donors (Lipinski definition) is 1. The summed E-state index contributed by atoms with van der Waals surface area (Å²) in [6.07, 6.45) is -2.98. The van der Waals surface area contributed by atoms with Gasteiger partial charge in [-0.2, -0.15) is 13.2 Å². The second-order valence-corrected chi connectivity index (χ2v) is 5.10. The standard InChI is InChI=1S/C17H18F3N/c1-2-12-6-8-14(9-7-12)16(21)11-13-4-3-5-15(10-13)17(18,19)20/h3-10,16H,2,11,21H2,1H3. The van der Waals surface area contributed by atoms with Gasteiger partial charge in [0.15, 0.2) is 0 Å². The molecule has 2 aromatic carbocycles. The fourth-order valence-corrected chi connectivity index (χ4v) is 2.25. The van der Waals surface area contributed by atoms with Crippen molar-refractivity contribution in [1.29, 1.82) is 0 Å². The van der Waals surface area contributed by atoms with Crippen LogP contribution >= 0.6 is 0 Å². The Morgan fingerprint density at radius 1 is 1.00 bits per heavy atom. The van der Waals surface area contributed by atoms with Crippen molar-refractivity contribution in [3.05, 3.63) is 70.8 Å². The highest BCUT2D eigenvalue weighted by Gasteiger charge is 2.30. The molecule has 0 aliphatic carbocycles. The summed E-state index contributed by atoms with van der Waals surface area (Å²) in [5.74, 6) is 0. The maximum absolute atomic E-state index is 12.7. The van der Waals surface area contributed by atoms with Crippen LogP contribution < -0.4 is 5.73 Å². The molecule has 0 aliphatic rings. The van der Waals surface area contributed by atoms with Crippen LogP contribution in [0.5, 0.6) is 0 Å². The van der Waals surface area contributed by atoms with Gasteiger partial charge < -0.3 is 5.73 Å². The summed E-state index contributed by atoms with van der Waals surface area (Å²) in [6.45, 7) is 2.07. The maximum Gasteiger partial charge on any atom is 0.416 e. The molecule has 0 heterocycles. The van der Waals surface area contributed by atoms with E-state index in [0.29, 0.717) is 12.0 Å². The van der Waals surface area contributed by atoms with Crippen LogP contribution in [0.3, 0.4) is 0 Å². The van der Waals surface area contributed by atoms with E-state index in [4.69, 9.17) is 5.73 Å². The molecule has 0 saturated carbocycles. The Balaban J connectivity index is 2.13. The van der Waals surface area contributed by atoms with Crippen molar-refractivity contribution in [1.82, 2.24) is 0 Å². The van der Waals surface area contributed by atoms with Gasteiger partial charge in [0.05, 0.1) is 5.56 Å². The lowest BCUT2D eigenvalue weighted by atomic mass is 9.97. The predicted octanol–water partition coefficient (Wildman–Crippen LogP) is 4.51. The lowest BCUT2D eigenvalue weighted by Gasteiger charge is -2.14. The molecule has 112 valence electrons. The highest BCUT2D eigenvalue weighted by atomic mass is 19.4. The summed E-state index contributed by atoms with van der Waals surface area (Å²) >= 11 is 0.